The van der Waals surface area contributed by atoms with Crippen molar-refractivity contribution >= 4 is 17.0 Å². The van der Waals surface area contributed by atoms with Crippen LogP contribution in [-0.4, -0.2) is 18.6 Å². The van der Waals surface area contributed by atoms with Gasteiger partial charge in [-0.15, -0.1) is 0 Å². The van der Waals surface area contributed by atoms with Gasteiger partial charge in [-0.05, 0) is 31.7 Å². The fourth-order valence-corrected chi connectivity index (χ4v) is 1.88. The van der Waals surface area contributed by atoms with E-state index in [1.54, 1.807) is 0 Å². The lowest BCUT2D eigenvalue weighted by Gasteiger charge is -2.04. The molecule has 2 aromatic rings. The zero-order valence-corrected chi connectivity index (χ0v) is 10.4. The molecule has 0 atom stereocenters. The lowest BCUT2D eigenvalue weighted by atomic mass is 10.1. The van der Waals surface area contributed by atoms with Crippen LogP contribution in [0.3, 0.4) is 0 Å². The highest BCUT2D eigenvalue weighted by atomic mass is 14.8. The first kappa shape index (κ1) is 11.8. The molecule has 2 rings (SSSR count). The van der Waals surface area contributed by atoms with Gasteiger partial charge in [-0.1, -0.05) is 36.8 Å². The van der Waals surface area contributed by atoms with E-state index in [2.05, 4.69) is 47.6 Å². The zero-order valence-electron chi connectivity index (χ0n) is 10.4. The smallest absolute Gasteiger partial charge is 0.0709 e. The van der Waals surface area contributed by atoms with Crippen molar-refractivity contribution in [2.45, 2.75) is 13.3 Å². The van der Waals surface area contributed by atoms with Gasteiger partial charge in [-0.2, -0.15) is 0 Å². The summed E-state index contributed by atoms with van der Waals surface area (Å²) >= 11 is 0. The van der Waals surface area contributed by atoms with Crippen molar-refractivity contribution in [1.29, 1.82) is 0 Å². The fourth-order valence-electron chi connectivity index (χ4n) is 1.88. The van der Waals surface area contributed by atoms with E-state index in [1.807, 2.05) is 19.2 Å². The normalized spacial score (nSPS) is 12.0. The number of aromatic nitrogens is 1. The maximum Gasteiger partial charge on any atom is 0.0709 e. The highest BCUT2D eigenvalue weighted by Gasteiger charge is 1.97. The molecule has 0 radical (unpaired) electrons. The Bertz CT molecular complexity index is 529. The van der Waals surface area contributed by atoms with Crippen LogP contribution in [0.2, 0.25) is 0 Å². The number of nitrogens with one attached hydrogen (secondary N) is 1. The second kappa shape index (κ2) is 5.60. The third kappa shape index (κ3) is 2.92. The highest BCUT2D eigenvalue weighted by molar-refractivity contribution is 5.79. The molecule has 88 valence electrons. The summed E-state index contributed by atoms with van der Waals surface area (Å²) in [5, 5.41) is 4.37. The topological polar surface area (TPSA) is 24.9 Å². The molecule has 0 spiro atoms. The first-order valence-electron chi connectivity index (χ1n) is 6.03. The van der Waals surface area contributed by atoms with Crippen LogP contribution in [0.5, 0.6) is 0 Å². The Morgan fingerprint density at radius 1 is 1.24 bits per heavy atom. The van der Waals surface area contributed by atoms with Crippen LogP contribution in [0.25, 0.3) is 17.0 Å². The summed E-state index contributed by atoms with van der Waals surface area (Å²) in [6, 6.07) is 12.4. The summed E-state index contributed by atoms with van der Waals surface area (Å²) in [6.45, 7) is 3.09. The number of hydrogen-bond acceptors (Lipinski definition) is 2. The third-order valence-corrected chi connectivity index (χ3v) is 2.83. The minimum absolute atomic E-state index is 0.922. The van der Waals surface area contributed by atoms with Crippen molar-refractivity contribution in [3.63, 3.8) is 0 Å². The molecule has 1 aromatic carbocycles. The van der Waals surface area contributed by atoms with E-state index in [0.29, 0.717) is 0 Å². The second-order valence-electron chi connectivity index (χ2n) is 4.12. The van der Waals surface area contributed by atoms with E-state index in [1.165, 1.54) is 11.0 Å². The van der Waals surface area contributed by atoms with Crippen LogP contribution in [-0.2, 0) is 0 Å². The van der Waals surface area contributed by atoms with Crippen molar-refractivity contribution in [3.05, 3.63) is 47.7 Å². The standard InChI is InChI=1S/C15H18N2/c1-3-12(11-16-2)10-14-9-8-13-6-4-5-7-15(13)17-14/h4-10,16H,3,11H2,1-2H3. The Morgan fingerprint density at radius 2 is 2.06 bits per heavy atom. The maximum atomic E-state index is 4.64. The molecule has 0 amide bonds. The number of hydrogen-bond donors (Lipinski definition) is 1. The Labute approximate surface area is 102 Å². The fraction of sp³-hybridized carbons (Fsp3) is 0.267. The van der Waals surface area contributed by atoms with Crippen molar-refractivity contribution in [1.82, 2.24) is 10.3 Å². The quantitative estimate of drug-likeness (QED) is 0.865. The predicted octanol–water partition coefficient (Wildman–Crippen LogP) is 3.25. The predicted molar refractivity (Wildman–Crippen MR) is 73.9 cm³/mol. The molecule has 0 fully saturated rings. The summed E-state index contributed by atoms with van der Waals surface area (Å²) in [6.07, 6.45) is 3.22. The van der Waals surface area contributed by atoms with Gasteiger partial charge in [0.05, 0.1) is 11.2 Å². The molecule has 0 saturated carbocycles. The van der Waals surface area contributed by atoms with Gasteiger partial charge in [-0.25, -0.2) is 4.98 Å². The van der Waals surface area contributed by atoms with Gasteiger partial charge >= 0.3 is 0 Å². The van der Waals surface area contributed by atoms with Crippen LogP contribution in [0, 0.1) is 0 Å². The average Bonchev–Trinajstić information content (AvgIpc) is 2.38. The Morgan fingerprint density at radius 3 is 2.82 bits per heavy atom. The molecule has 1 heterocycles. The zero-order chi connectivity index (χ0) is 12.1. The molecule has 0 unspecified atom stereocenters. The van der Waals surface area contributed by atoms with Gasteiger partial charge in [0, 0.05) is 11.9 Å². The molecule has 0 aliphatic rings. The molecule has 2 nitrogen and oxygen atoms in total. The molecular weight excluding hydrogens is 208 g/mol. The SMILES string of the molecule is CCC(=Cc1ccc2ccccc2n1)CNC. The number of nitrogens with zero attached hydrogens (tertiary/aromatic N) is 1. The van der Waals surface area contributed by atoms with E-state index < -0.39 is 0 Å². The van der Waals surface area contributed by atoms with E-state index in [9.17, 15) is 0 Å². The minimum Gasteiger partial charge on any atom is -0.316 e. The maximum absolute atomic E-state index is 4.64. The number of rotatable bonds is 4. The summed E-state index contributed by atoms with van der Waals surface area (Å²) < 4.78 is 0. The average molecular weight is 226 g/mol. The van der Waals surface area contributed by atoms with E-state index in [-0.39, 0.29) is 0 Å². The molecule has 2 heteroatoms. The van der Waals surface area contributed by atoms with Gasteiger partial charge in [0.25, 0.3) is 0 Å². The first-order valence-corrected chi connectivity index (χ1v) is 6.03. The molecule has 0 aliphatic heterocycles. The monoisotopic (exact) mass is 226 g/mol. The highest BCUT2D eigenvalue weighted by Crippen LogP contribution is 2.14. The van der Waals surface area contributed by atoms with E-state index in [0.717, 1.165) is 24.2 Å². The van der Waals surface area contributed by atoms with Crippen molar-refractivity contribution in [2.75, 3.05) is 13.6 Å². The molecule has 0 aliphatic carbocycles. The number of pyridine rings is 1. The molecular formula is C15H18N2. The Hall–Kier alpha value is -1.67. The van der Waals surface area contributed by atoms with E-state index >= 15 is 0 Å². The van der Waals surface area contributed by atoms with Gasteiger partial charge in [0.2, 0.25) is 0 Å². The third-order valence-electron chi connectivity index (χ3n) is 2.83. The van der Waals surface area contributed by atoms with Crippen molar-refractivity contribution in [2.24, 2.45) is 0 Å². The number of benzene rings is 1. The summed E-state index contributed by atoms with van der Waals surface area (Å²) in [4.78, 5) is 4.64. The van der Waals surface area contributed by atoms with Crippen LogP contribution < -0.4 is 5.32 Å². The Balaban J connectivity index is 2.35. The molecule has 0 bridgehead atoms. The summed E-state index contributed by atoms with van der Waals surface area (Å²) in [5.74, 6) is 0. The van der Waals surface area contributed by atoms with Gasteiger partial charge in [-0.3, -0.25) is 0 Å². The second-order valence-corrected chi connectivity index (χ2v) is 4.12. The molecule has 17 heavy (non-hydrogen) atoms. The van der Waals surface area contributed by atoms with Gasteiger partial charge in [0.1, 0.15) is 0 Å². The molecule has 1 aromatic heterocycles. The summed E-state index contributed by atoms with van der Waals surface area (Å²) in [5.41, 5.74) is 3.47. The molecule has 1 N–H and O–H groups in total. The lowest BCUT2D eigenvalue weighted by molar-refractivity contribution is 0.850. The van der Waals surface area contributed by atoms with Crippen LogP contribution >= 0.6 is 0 Å². The van der Waals surface area contributed by atoms with Gasteiger partial charge in [0.15, 0.2) is 0 Å². The first-order chi connectivity index (χ1) is 8.33. The Kier molecular flexibility index (Phi) is 3.89. The molecule has 0 saturated heterocycles. The van der Waals surface area contributed by atoms with Crippen LogP contribution in [0.1, 0.15) is 19.0 Å². The summed E-state index contributed by atoms with van der Waals surface area (Å²) in [7, 11) is 1.97. The van der Waals surface area contributed by atoms with Crippen LogP contribution in [0.15, 0.2) is 42.0 Å². The van der Waals surface area contributed by atoms with Crippen LogP contribution in [0.4, 0.5) is 0 Å². The lowest BCUT2D eigenvalue weighted by Crippen LogP contribution is -2.09. The van der Waals surface area contributed by atoms with Gasteiger partial charge < -0.3 is 5.32 Å². The van der Waals surface area contributed by atoms with Crippen molar-refractivity contribution in [3.8, 4) is 0 Å². The number of para-hydroxylation sites is 1. The largest absolute Gasteiger partial charge is 0.316 e. The minimum atomic E-state index is 0.922. The van der Waals surface area contributed by atoms with Crippen molar-refractivity contribution < 1.29 is 0 Å². The number of fused-ring (bicyclic) bond motifs is 1. The van der Waals surface area contributed by atoms with E-state index in [4.69, 9.17) is 0 Å². The number of likely N-dealkylation sites (N-methyl/N-ethyl adjacent to an activating group) is 1.